The Morgan fingerprint density at radius 2 is 1.75 bits per heavy atom. The molecule has 0 heterocycles. The molecule has 12 heavy (non-hydrogen) atoms. The van der Waals surface area contributed by atoms with Crippen molar-refractivity contribution >= 4 is 5.97 Å². The second-order valence-corrected chi connectivity index (χ2v) is 2.39. The van der Waals surface area contributed by atoms with Gasteiger partial charge < -0.3 is 15.3 Å². The van der Waals surface area contributed by atoms with Crippen LogP contribution in [-0.2, 0) is 4.79 Å². The van der Waals surface area contributed by atoms with Gasteiger partial charge in [-0.05, 0) is 6.92 Å². The minimum atomic E-state index is -5.18. The number of alkyl halides is 3. The number of halogens is 3. The Bertz CT molecular complexity index is 186. The van der Waals surface area contributed by atoms with Crippen LogP contribution in [0.2, 0.25) is 0 Å². The molecule has 0 amide bonds. The van der Waals surface area contributed by atoms with Crippen LogP contribution in [0, 0.1) is 0 Å². The molecule has 0 radical (unpaired) electrons. The van der Waals surface area contributed by atoms with Gasteiger partial charge in [0, 0.05) is 0 Å². The average molecular weight is 188 g/mol. The number of aliphatic carboxylic acids is 1. The Labute approximate surface area is 65.2 Å². The number of rotatable bonds is 2. The molecule has 0 fully saturated rings. The quantitative estimate of drug-likeness (QED) is 0.558. The summed E-state index contributed by atoms with van der Waals surface area (Å²) in [6.07, 6.45) is -8.05. The van der Waals surface area contributed by atoms with E-state index >= 15 is 0 Å². The second-order valence-electron chi connectivity index (χ2n) is 2.39. The summed E-state index contributed by atoms with van der Waals surface area (Å²) in [4.78, 5) is 9.88. The molecule has 0 aromatic heterocycles. The first-order chi connectivity index (χ1) is 5.10. The Hall–Kier alpha value is -0.820. The van der Waals surface area contributed by atoms with Gasteiger partial charge in [-0.15, -0.1) is 0 Å². The van der Waals surface area contributed by atoms with E-state index in [9.17, 15) is 18.0 Å². The van der Waals surface area contributed by atoms with Crippen molar-refractivity contribution in [1.82, 2.24) is 0 Å². The molecule has 0 unspecified atom stereocenters. The summed E-state index contributed by atoms with van der Waals surface area (Å²) in [7, 11) is 0. The van der Waals surface area contributed by atoms with E-state index in [0.29, 0.717) is 0 Å². The predicted octanol–water partition coefficient (Wildman–Crippen LogP) is -0.255. The maximum absolute atomic E-state index is 11.8. The van der Waals surface area contributed by atoms with E-state index in [2.05, 4.69) is 0 Å². The third-order valence-corrected chi connectivity index (χ3v) is 1.34. The number of carboxylic acid groups (broad SMARTS) is 1. The largest absolute Gasteiger partial charge is 0.479 e. The molecule has 72 valence electrons. The summed E-state index contributed by atoms with van der Waals surface area (Å²) in [6.45, 7) is 0.186. The lowest BCUT2D eigenvalue weighted by Crippen LogP contribution is -2.55. The number of aliphatic hydroxyl groups excluding tert-OH is 1. The van der Waals surface area contributed by atoms with Gasteiger partial charge in [-0.25, -0.2) is 4.79 Å². The molecule has 2 atom stereocenters. The maximum atomic E-state index is 11.8. The summed E-state index contributed by atoms with van der Waals surface area (Å²) >= 11 is 0. The molecule has 0 saturated heterocycles. The van der Waals surface area contributed by atoms with Crippen LogP contribution in [0.25, 0.3) is 0 Å². The van der Waals surface area contributed by atoms with Crippen LogP contribution in [-0.4, -0.2) is 39.2 Å². The normalized spacial score (nSPS) is 19.8. The fourth-order valence-corrected chi connectivity index (χ4v) is 0.395. The fraction of sp³-hybridized carbons (Fsp3) is 0.800. The van der Waals surface area contributed by atoms with Crippen molar-refractivity contribution in [2.24, 2.45) is 0 Å². The van der Waals surface area contributed by atoms with Gasteiger partial charge in [0.15, 0.2) is 11.7 Å². The van der Waals surface area contributed by atoms with E-state index in [1.165, 1.54) is 0 Å². The van der Waals surface area contributed by atoms with Crippen molar-refractivity contribution in [3.8, 4) is 0 Å². The van der Waals surface area contributed by atoms with Crippen LogP contribution >= 0.6 is 0 Å². The Balaban J connectivity index is 4.73. The van der Waals surface area contributed by atoms with E-state index in [-0.39, 0.29) is 6.92 Å². The number of hydrogen-bond donors (Lipinski definition) is 3. The van der Waals surface area contributed by atoms with Crippen molar-refractivity contribution < 1.29 is 33.3 Å². The van der Waals surface area contributed by atoms with Crippen molar-refractivity contribution in [3.05, 3.63) is 0 Å². The van der Waals surface area contributed by atoms with Gasteiger partial charge in [-0.2, -0.15) is 13.2 Å². The van der Waals surface area contributed by atoms with Crippen LogP contribution in [0.5, 0.6) is 0 Å². The van der Waals surface area contributed by atoms with Crippen molar-refractivity contribution in [2.75, 3.05) is 0 Å². The van der Waals surface area contributed by atoms with Crippen LogP contribution in [0.15, 0.2) is 0 Å². The van der Waals surface area contributed by atoms with Crippen LogP contribution in [0.3, 0.4) is 0 Å². The minimum Gasteiger partial charge on any atom is -0.479 e. The first kappa shape index (κ1) is 11.2. The summed E-state index contributed by atoms with van der Waals surface area (Å²) in [5, 5.41) is 24.9. The van der Waals surface area contributed by atoms with Gasteiger partial charge in [-0.1, -0.05) is 0 Å². The van der Waals surface area contributed by atoms with Crippen molar-refractivity contribution in [1.29, 1.82) is 0 Å². The third kappa shape index (κ3) is 1.86. The monoisotopic (exact) mass is 188 g/mol. The standard InChI is InChI=1S/C5H7F3O4/c1-4(12,5(6,7)8)2(9)3(10)11/h2,9,12H,1H3,(H,10,11)/t2-,4-/m0/s1. The first-order valence-electron chi connectivity index (χ1n) is 2.80. The van der Waals surface area contributed by atoms with Crippen LogP contribution in [0.1, 0.15) is 6.92 Å². The van der Waals surface area contributed by atoms with Gasteiger partial charge >= 0.3 is 12.1 Å². The van der Waals surface area contributed by atoms with E-state index in [1.54, 1.807) is 0 Å². The molecule has 4 nitrogen and oxygen atoms in total. The van der Waals surface area contributed by atoms with Gasteiger partial charge in [0.1, 0.15) is 0 Å². The highest BCUT2D eigenvalue weighted by Crippen LogP contribution is 2.32. The number of carboxylic acids is 1. The summed E-state index contributed by atoms with van der Waals surface area (Å²) in [5.41, 5.74) is -3.63. The van der Waals surface area contributed by atoms with E-state index < -0.39 is 23.9 Å². The van der Waals surface area contributed by atoms with Gasteiger partial charge in [0.05, 0.1) is 0 Å². The average Bonchev–Trinajstić information content (AvgIpc) is 1.83. The van der Waals surface area contributed by atoms with E-state index in [1.807, 2.05) is 0 Å². The molecule has 0 saturated carbocycles. The molecule has 0 bridgehead atoms. The smallest absolute Gasteiger partial charge is 0.420 e. The van der Waals surface area contributed by atoms with Gasteiger partial charge in [0.25, 0.3) is 0 Å². The highest BCUT2D eigenvalue weighted by molar-refractivity contribution is 5.73. The molecule has 0 rings (SSSR count). The van der Waals surface area contributed by atoms with Crippen molar-refractivity contribution in [3.63, 3.8) is 0 Å². The molecule has 3 N–H and O–H groups in total. The lowest BCUT2D eigenvalue weighted by Gasteiger charge is -2.28. The Morgan fingerprint density at radius 1 is 1.42 bits per heavy atom. The summed E-state index contributed by atoms with van der Waals surface area (Å²) < 4.78 is 35.3. The zero-order valence-electron chi connectivity index (χ0n) is 5.96. The highest BCUT2D eigenvalue weighted by Gasteiger charge is 2.57. The van der Waals surface area contributed by atoms with E-state index in [0.717, 1.165) is 0 Å². The Morgan fingerprint density at radius 3 is 1.83 bits per heavy atom. The van der Waals surface area contributed by atoms with Crippen LogP contribution in [0.4, 0.5) is 13.2 Å². The van der Waals surface area contributed by atoms with E-state index in [4.69, 9.17) is 15.3 Å². The maximum Gasteiger partial charge on any atom is 0.420 e. The molecule has 7 heteroatoms. The Kier molecular flexibility index (Phi) is 2.71. The molecular formula is C5H7F3O4. The molecule has 0 aromatic carbocycles. The first-order valence-corrected chi connectivity index (χ1v) is 2.80. The molecule has 0 spiro atoms. The predicted molar refractivity (Wildman–Crippen MR) is 30.3 cm³/mol. The van der Waals surface area contributed by atoms with Crippen LogP contribution < -0.4 is 0 Å². The third-order valence-electron chi connectivity index (χ3n) is 1.34. The molecule has 0 aliphatic carbocycles. The molecule has 0 aliphatic rings. The second kappa shape index (κ2) is 2.91. The lowest BCUT2D eigenvalue weighted by molar-refractivity contribution is -0.281. The van der Waals surface area contributed by atoms with Gasteiger partial charge in [-0.3, -0.25) is 0 Å². The number of aliphatic hydroxyl groups is 2. The fourth-order valence-electron chi connectivity index (χ4n) is 0.395. The van der Waals surface area contributed by atoms with Gasteiger partial charge in [0.2, 0.25) is 0 Å². The number of carbonyl (C=O) groups is 1. The lowest BCUT2D eigenvalue weighted by atomic mass is 9.99. The number of hydrogen-bond acceptors (Lipinski definition) is 3. The summed E-state index contributed by atoms with van der Waals surface area (Å²) in [6, 6.07) is 0. The topological polar surface area (TPSA) is 77.8 Å². The highest BCUT2D eigenvalue weighted by atomic mass is 19.4. The zero-order chi connectivity index (χ0) is 10.2. The molecule has 0 aromatic rings. The summed E-state index contributed by atoms with van der Waals surface area (Å²) in [5.74, 6) is -2.13. The molecular weight excluding hydrogens is 181 g/mol. The zero-order valence-corrected chi connectivity index (χ0v) is 5.96. The SMILES string of the molecule is C[C@](O)([C@@H](O)C(=O)O)C(F)(F)F. The van der Waals surface area contributed by atoms with Crippen molar-refractivity contribution in [2.45, 2.75) is 24.8 Å². The molecule has 0 aliphatic heterocycles. The minimum absolute atomic E-state index is 0.186.